The lowest BCUT2D eigenvalue weighted by Crippen LogP contribution is -2.43. The SMILES string of the molecule is CC[C@@]1(O)C(=O)OCc2c1cc(C(C)=NC(/C=C/F)=C(C)C)[nH]c2=O. The highest BCUT2D eigenvalue weighted by Crippen LogP contribution is 2.33. The van der Waals surface area contributed by atoms with Crippen LogP contribution in [0.25, 0.3) is 0 Å². The summed E-state index contributed by atoms with van der Waals surface area (Å²) in [4.78, 5) is 31.3. The van der Waals surface area contributed by atoms with Crippen molar-refractivity contribution in [2.45, 2.75) is 46.3 Å². The quantitative estimate of drug-likeness (QED) is 0.497. The van der Waals surface area contributed by atoms with Gasteiger partial charge in [-0.15, -0.1) is 0 Å². The zero-order valence-corrected chi connectivity index (χ0v) is 14.6. The number of H-pyrrole nitrogens is 1. The Balaban J connectivity index is 2.63. The van der Waals surface area contributed by atoms with E-state index in [2.05, 4.69) is 9.98 Å². The van der Waals surface area contributed by atoms with Gasteiger partial charge in [-0.1, -0.05) is 12.5 Å². The summed E-state index contributed by atoms with van der Waals surface area (Å²) in [6, 6.07) is 1.53. The predicted molar refractivity (Wildman–Crippen MR) is 91.9 cm³/mol. The minimum atomic E-state index is -1.87. The number of cyclic esters (lactones) is 1. The number of nitrogens with one attached hydrogen (secondary N) is 1. The molecular weight excluding hydrogens is 327 g/mol. The van der Waals surface area contributed by atoms with E-state index in [1.54, 1.807) is 27.7 Å². The van der Waals surface area contributed by atoms with E-state index in [0.29, 0.717) is 23.4 Å². The maximum Gasteiger partial charge on any atom is 0.343 e. The van der Waals surface area contributed by atoms with E-state index in [0.717, 1.165) is 5.57 Å². The maximum atomic E-state index is 12.5. The summed E-state index contributed by atoms with van der Waals surface area (Å²) >= 11 is 0. The first kappa shape index (κ1) is 18.8. The van der Waals surface area contributed by atoms with Gasteiger partial charge in [-0.05, 0) is 39.3 Å². The molecule has 6 nitrogen and oxygen atoms in total. The van der Waals surface area contributed by atoms with Gasteiger partial charge in [-0.3, -0.25) is 9.79 Å². The normalized spacial score (nSPS) is 20.4. The number of aliphatic hydroxyl groups is 1. The molecule has 1 aromatic rings. The molecule has 1 atom stereocenters. The molecule has 0 saturated carbocycles. The van der Waals surface area contributed by atoms with E-state index in [4.69, 9.17) is 4.74 Å². The molecule has 7 heteroatoms. The maximum absolute atomic E-state index is 12.5. The number of aromatic amines is 1. The summed E-state index contributed by atoms with van der Waals surface area (Å²) in [6.45, 7) is 6.66. The van der Waals surface area contributed by atoms with Gasteiger partial charge < -0.3 is 14.8 Å². The second kappa shape index (κ2) is 7.14. The summed E-state index contributed by atoms with van der Waals surface area (Å²) in [5, 5.41) is 10.6. The second-order valence-electron chi connectivity index (χ2n) is 6.07. The fourth-order valence-electron chi connectivity index (χ4n) is 2.61. The Morgan fingerprint density at radius 2 is 2.12 bits per heavy atom. The number of esters is 1. The largest absolute Gasteiger partial charge is 0.458 e. The van der Waals surface area contributed by atoms with E-state index in [-0.39, 0.29) is 24.2 Å². The van der Waals surface area contributed by atoms with Crippen LogP contribution in [-0.4, -0.2) is 21.8 Å². The zero-order valence-electron chi connectivity index (χ0n) is 14.6. The molecule has 2 heterocycles. The molecule has 0 unspecified atom stereocenters. The number of fused-ring (bicyclic) bond motifs is 1. The van der Waals surface area contributed by atoms with Crippen molar-refractivity contribution in [2.24, 2.45) is 4.99 Å². The molecule has 1 aliphatic heterocycles. The molecule has 134 valence electrons. The summed E-state index contributed by atoms with van der Waals surface area (Å²) in [6.07, 6.45) is 1.68. The third-order valence-corrected chi connectivity index (χ3v) is 4.19. The van der Waals surface area contributed by atoms with Crippen LogP contribution in [0.2, 0.25) is 0 Å². The molecule has 25 heavy (non-hydrogen) atoms. The van der Waals surface area contributed by atoms with Gasteiger partial charge in [-0.25, -0.2) is 9.18 Å². The summed E-state index contributed by atoms with van der Waals surface area (Å²) in [7, 11) is 0. The molecule has 0 aromatic carbocycles. The van der Waals surface area contributed by atoms with Crippen LogP contribution in [0.1, 0.15) is 50.9 Å². The van der Waals surface area contributed by atoms with Crippen molar-refractivity contribution < 1.29 is 19.0 Å². The number of allylic oxidation sites excluding steroid dienone is 2. The lowest BCUT2D eigenvalue weighted by atomic mass is 9.86. The zero-order chi connectivity index (χ0) is 18.8. The Morgan fingerprint density at radius 3 is 2.68 bits per heavy atom. The van der Waals surface area contributed by atoms with Crippen LogP contribution < -0.4 is 5.56 Å². The summed E-state index contributed by atoms with van der Waals surface area (Å²) in [5.41, 5.74) is 0.0932. The first-order chi connectivity index (χ1) is 11.7. The lowest BCUT2D eigenvalue weighted by Gasteiger charge is -2.31. The van der Waals surface area contributed by atoms with Crippen molar-refractivity contribution >= 4 is 11.7 Å². The first-order valence-corrected chi connectivity index (χ1v) is 7.90. The van der Waals surface area contributed by atoms with Gasteiger partial charge in [0.2, 0.25) is 0 Å². The van der Waals surface area contributed by atoms with Crippen LogP contribution in [0.4, 0.5) is 4.39 Å². The number of aliphatic imine (C=N–C) groups is 1. The minimum absolute atomic E-state index is 0.0712. The average molecular weight is 348 g/mol. The van der Waals surface area contributed by atoms with Gasteiger partial charge in [0, 0.05) is 5.56 Å². The number of halogens is 1. The third kappa shape index (κ3) is 3.46. The first-order valence-electron chi connectivity index (χ1n) is 7.90. The molecule has 0 radical (unpaired) electrons. The van der Waals surface area contributed by atoms with Crippen LogP contribution in [-0.2, 0) is 21.7 Å². The standard InChI is InChI=1S/C18H21FN2O4/c1-5-18(24)13-8-15(11(4)20-14(6-7-19)10(2)3)21-16(22)12(13)9-25-17(18)23/h6-8,24H,5,9H2,1-4H3,(H,21,22)/b7-6+,20-11?/t18-/m0/s1. The third-order valence-electron chi connectivity index (χ3n) is 4.19. The van der Waals surface area contributed by atoms with Gasteiger partial charge >= 0.3 is 5.97 Å². The van der Waals surface area contributed by atoms with Crippen molar-refractivity contribution in [3.8, 4) is 0 Å². The lowest BCUT2D eigenvalue weighted by molar-refractivity contribution is -0.172. The van der Waals surface area contributed by atoms with Gasteiger partial charge in [0.15, 0.2) is 5.60 Å². The molecule has 2 N–H and O–H groups in total. The number of hydrogen-bond acceptors (Lipinski definition) is 5. The number of carbonyl (C=O) groups excluding carboxylic acids is 1. The van der Waals surface area contributed by atoms with E-state index >= 15 is 0 Å². The Bertz CT molecular complexity index is 847. The van der Waals surface area contributed by atoms with Crippen LogP contribution in [0.5, 0.6) is 0 Å². The molecule has 0 spiro atoms. The van der Waals surface area contributed by atoms with E-state index in [1.165, 1.54) is 12.1 Å². The number of ether oxygens (including phenoxy) is 1. The Hall–Kier alpha value is -2.54. The second-order valence-corrected chi connectivity index (χ2v) is 6.07. The highest BCUT2D eigenvalue weighted by atomic mass is 19.1. The van der Waals surface area contributed by atoms with Gasteiger partial charge in [0.1, 0.15) is 6.61 Å². The van der Waals surface area contributed by atoms with Gasteiger partial charge in [-0.2, -0.15) is 0 Å². The Labute approximate surface area is 144 Å². The van der Waals surface area contributed by atoms with Crippen molar-refractivity contribution in [3.63, 3.8) is 0 Å². The highest BCUT2D eigenvalue weighted by molar-refractivity contribution is 5.98. The summed E-state index contributed by atoms with van der Waals surface area (Å²) in [5.74, 6) is -0.779. The number of rotatable bonds is 4. The Morgan fingerprint density at radius 1 is 1.44 bits per heavy atom. The number of pyridine rings is 1. The molecule has 1 aliphatic rings. The smallest absolute Gasteiger partial charge is 0.343 e. The number of hydrogen-bond donors (Lipinski definition) is 2. The number of aromatic nitrogens is 1. The van der Waals surface area contributed by atoms with Crippen molar-refractivity contribution in [2.75, 3.05) is 0 Å². The minimum Gasteiger partial charge on any atom is -0.458 e. The highest BCUT2D eigenvalue weighted by Gasteiger charge is 2.44. The number of nitrogens with zero attached hydrogens (tertiary/aromatic N) is 1. The molecule has 0 bridgehead atoms. The van der Waals surface area contributed by atoms with Gasteiger partial charge in [0.25, 0.3) is 5.56 Å². The van der Waals surface area contributed by atoms with Crippen LogP contribution in [0, 0.1) is 0 Å². The van der Waals surface area contributed by atoms with Crippen molar-refractivity contribution in [1.82, 2.24) is 4.98 Å². The fourth-order valence-corrected chi connectivity index (χ4v) is 2.61. The molecule has 0 fully saturated rings. The van der Waals surface area contributed by atoms with E-state index in [1.807, 2.05) is 0 Å². The average Bonchev–Trinajstić information content (AvgIpc) is 2.57. The van der Waals surface area contributed by atoms with Gasteiger partial charge in [0.05, 0.1) is 29.0 Å². The molecule has 1 aromatic heterocycles. The predicted octanol–water partition coefficient (Wildman–Crippen LogP) is 2.62. The molecule has 0 saturated heterocycles. The number of carbonyl (C=O) groups is 1. The van der Waals surface area contributed by atoms with Crippen LogP contribution in [0.15, 0.2) is 39.5 Å². The topological polar surface area (TPSA) is 91.8 Å². The molecule has 2 rings (SSSR count). The van der Waals surface area contributed by atoms with Crippen molar-refractivity contribution in [1.29, 1.82) is 0 Å². The van der Waals surface area contributed by atoms with Crippen LogP contribution in [0.3, 0.4) is 0 Å². The fraction of sp³-hybridized carbons (Fsp3) is 0.389. The van der Waals surface area contributed by atoms with Crippen LogP contribution >= 0.6 is 0 Å². The molecule has 0 aliphatic carbocycles. The van der Waals surface area contributed by atoms with E-state index in [9.17, 15) is 19.1 Å². The summed E-state index contributed by atoms with van der Waals surface area (Å²) < 4.78 is 17.4. The van der Waals surface area contributed by atoms with Crippen molar-refractivity contribution in [3.05, 3.63) is 56.9 Å². The monoisotopic (exact) mass is 348 g/mol. The molecule has 0 amide bonds. The Kier molecular flexibility index (Phi) is 5.37. The van der Waals surface area contributed by atoms with E-state index < -0.39 is 17.1 Å². The molecular formula is C18H21FN2O4.